The molecule has 13 heavy (non-hydrogen) atoms. The van der Waals surface area contributed by atoms with E-state index < -0.39 is 0 Å². The normalized spacial score (nSPS) is 33.0. The first-order valence-corrected chi connectivity index (χ1v) is 5.56. The molecule has 0 aromatic carbocycles. The summed E-state index contributed by atoms with van der Waals surface area (Å²) in [7, 11) is 0. The molecular weight excluding hydrogens is 160 g/mol. The largest absolute Gasteiger partial charge is 0.295 e. The van der Waals surface area contributed by atoms with Crippen LogP contribution in [0.5, 0.6) is 0 Å². The predicted molar refractivity (Wildman–Crippen MR) is 53.4 cm³/mol. The Kier molecular flexibility index (Phi) is 2.52. The summed E-state index contributed by atoms with van der Waals surface area (Å²) in [5.41, 5.74) is 1.18. The minimum Gasteiger partial charge on any atom is -0.295 e. The van der Waals surface area contributed by atoms with Gasteiger partial charge >= 0.3 is 0 Å². The van der Waals surface area contributed by atoms with Gasteiger partial charge in [0.05, 0.1) is 0 Å². The minimum atomic E-state index is 0.436. The summed E-state index contributed by atoms with van der Waals surface area (Å²) < 4.78 is 0. The minimum absolute atomic E-state index is 0.436. The SMILES string of the molecule is CCCC1C=C2C(=O)CCC2CC1. The van der Waals surface area contributed by atoms with E-state index >= 15 is 0 Å². The van der Waals surface area contributed by atoms with Crippen molar-refractivity contribution in [2.75, 3.05) is 0 Å². The lowest BCUT2D eigenvalue weighted by molar-refractivity contribution is -0.114. The molecule has 1 heteroatoms. The van der Waals surface area contributed by atoms with Crippen molar-refractivity contribution in [3.8, 4) is 0 Å². The van der Waals surface area contributed by atoms with Crippen LogP contribution in [0.3, 0.4) is 0 Å². The van der Waals surface area contributed by atoms with Crippen LogP contribution in [-0.4, -0.2) is 5.78 Å². The van der Waals surface area contributed by atoms with Crippen LogP contribution in [0.15, 0.2) is 11.6 Å². The standard InChI is InChI=1S/C12H18O/c1-2-3-9-4-5-10-6-7-12(13)11(10)8-9/h8-10H,2-7H2,1H3. The Morgan fingerprint density at radius 2 is 2.23 bits per heavy atom. The smallest absolute Gasteiger partial charge is 0.158 e. The van der Waals surface area contributed by atoms with Gasteiger partial charge in [-0.1, -0.05) is 19.4 Å². The topological polar surface area (TPSA) is 17.1 Å². The maximum atomic E-state index is 11.5. The highest BCUT2D eigenvalue weighted by Crippen LogP contribution is 2.38. The Labute approximate surface area is 80.2 Å². The summed E-state index contributed by atoms with van der Waals surface area (Å²) in [6.45, 7) is 2.22. The average molecular weight is 178 g/mol. The van der Waals surface area contributed by atoms with E-state index in [1.165, 1.54) is 31.3 Å². The molecule has 1 fully saturated rings. The zero-order chi connectivity index (χ0) is 9.26. The van der Waals surface area contributed by atoms with Crippen molar-refractivity contribution in [1.29, 1.82) is 0 Å². The number of allylic oxidation sites excluding steroid dienone is 2. The van der Waals surface area contributed by atoms with Crippen molar-refractivity contribution in [1.82, 2.24) is 0 Å². The molecule has 0 spiro atoms. The predicted octanol–water partition coefficient (Wildman–Crippen LogP) is 3.10. The van der Waals surface area contributed by atoms with E-state index in [9.17, 15) is 4.79 Å². The van der Waals surface area contributed by atoms with Crippen LogP contribution in [0.4, 0.5) is 0 Å². The van der Waals surface area contributed by atoms with E-state index in [0.717, 1.165) is 12.8 Å². The number of hydrogen-bond acceptors (Lipinski definition) is 1. The van der Waals surface area contributed by atoms with Gasteiger partial charge in [-0.3, -0.25) is 4.79 Å². The van der Waals surface area contributed by atoms with Gasteiger partial charge in [-0.2, -0.15) is 0 Å². The molecule has 1 nitrogen and oxygen atoms in total. The first-order valence-electron chi connectivity index (χ1n) is 5.56. The fourth-order valence-electron chi connectivity index (χ4n) is 2.71. The van der Waals surface area contributed by atoms with Crippen LogP contribution in [0, 0.1) is 11.8 Å². The van der Waals surface area contributed by atoms with E-state index in [-0.39, 0.29) is 0 Å². The third kappa shape index (κ3) is 1.70. The summed E-state index contributed by atoms with van der Waals surface area (Å²) in [4.78, 5) is 11.5. The molecule has 1 saturated carbocycles. The second-order valence-corrected chi connectivity index (χ2v) is 4.41. The molecule has 0 aromatic rings. The molecule has 0 N–H and O–H groups in total. The zero-order valence-electron chi connectivity index (χ0n) is 8.38. The zero-order valence-corrected chi connectivity index (χ0v) is 8.38. The van der Waals surface area contributed by atoms with Crippen LogP contribution in [0.25, 0.3) is 0 Å². The van der Waals surface area contributed by atoms with Crippen molar-refractivity contribution < 1.29 is 4.79 Å². The first-order chi connectivity index (χ1) is 6.31. The number of fused-ring (bicyclic) bond motifs is 1. The number of Topliss-reactive ketones (excluding diaryl/α,β-unsaturated/α-hetero) is 1. The van der Waals surface area contributed by atoms with Gasteiger partial charge in [0.25, 0.3) is 0 Å². The maximum Gasteiger partial charge on any atom is 0.158 e. The molecule has 0 saturated heterocycles. The lowest BCUT2D eigenvalue weighted by Crippen LogP contribution is -2.12. The highest BCUT2D eigenvalue weighted by molar-refractivity contribution is 5.98. The second-order valence-electron chi connectivity index (χ2n) is 4.41. The molecular formula is C12H18O. The Balaban J connectivity index is 2.11. The van der Waals surface area contributed by atoms with Crippen LogP contribution in [-0.2, 0) is 4.79 Å². The molecule has 0 heterocycles. The summed E-state index contributed by atoms with van der Waals surface area (Å²) in [6, 6.07) is 0. The fourth-order valence-corrected chi connectivity index (χ4v) is 2.71. The number of hydrogen-bond donors (Lipinski definition) is 0. The van der Waals surface area contributed by atoms with Gasteiger partial charge in [0, 0.05) is 6.42 Å². The maximum absolute atomic E-state index is 11.5. The van der Waals surface area contributed by atoms with Gasteiger partial charge in [0.2, 0.25) is 0 Å². The third-order valence-electron chi connectivity index (χ3n) is 3.44. The van der Waals surface area contributed by atoms with Crippen molar-refractivity contribution in [2.45, 2.75) is 45.4 Å². The van der Waals surface area contributed by atoms with Gasteiger partial charge in [0.15, 0.2) is 5.78 Å². The number of carbonyl (C=O) groups excluding carboxylic acids is 1. The molecule has 0 radical (unpaired) electrons. The van der Waals surface area contributed by atoms with Gasteiger partial charge in [-0.05, 0) is 43.1 Å². The highest BCUT2D eigenvalue weighted by atomic mass is 16.1. The van der Waals surface area contributed by atoms with E-state index in [1.54, 1.807) is 0 Å². The monoisotopic (exact) mass is 178 g/mol. The summed E-state index contributed by atoms with van der Waals surface area (Å²) >= 11 is 0. The fraction of sp³-hybridized carbons (Fsp3) is 0.750. The van der Waals surface area contributed by atoms with Crippen molar-refractivity contribution >= 4 is 5.78 Å². The summed E-state index contributed by atoms with van der Waals surface area (Å²) in [5, 5.41) is 0. The van der Waals surface area contributed by atoms with E-state index in [1.807, 2.05) is 0 Å². The molecule has 2 atom stereocenters. The van der Waals surface area contributed by atoms with Gasteiger partial charge < -0.3 is 0 Å². The Bertz CT molecular complexity index is 240. The molecule has 2 rings (SSSR count). The molecule has 2 unspecified atom stereocenters. The van der Waals surface area contributed by atoms with Gasteiger partial charge in [-0.25, -0.2) is 0 Å². The molecule has 0 amide bonds. The first kappa shape index (κ1) is 8.98. The van der Waals surface area contributed by atoms with Crippen LogP contribution in [0.1, 0.15) is 45.4 Å². The number of carbonyl (C=O) groups is 1. The molecule has 0 aliphatic heterocycles. The summed E-state index contributed by atoms with van der Waals surface area (Å²) in [6.07, 6.45) is 9.32. The third-order valence-corrected chi connectivity index (χ3v) is 3.44. The number of ketones is 1. The molecule has 2 aliphatic rings. The lowest BCUT2D eigenvalue weighted by atomic mass is 9.82. The van der Waals surface area contributed by atoms with Crippen LogP contribution in [0.2, 0.25) is 0 Å². The highest BCUT2D eigenvalue weighted by Gasteiger charge is 2.31. The molecule has 72 valence electrons. The second kappa shape index (κ2) is 3.65. The molecule has 0 aromatic heterocycles. The van der Waals surface area contributed by atoms with Crippen molar-refractivity contribution in [3.05, 3.63) is 11.6 Å². The van der Waals surface area contributed by atoms with Crippen LogP contribution < -0.4 is 0 Å². The van der Waals surface area contributed by atoms with Crippen molar-refractivity contribution in [3.63, 3.8) is 0 Å². The Hall–Kier alpha value is -0.590. The Morgan fingerprint density at radius 1 is 1.38 bits per heavy atom. The molecule has 0 bridgehead atoms. The van der Waals surface area contributed by atoms with E-state index in [0.29, 0.717) is 17.6 Å². The average Bonchev–Trinajstić information content (AvgIpc) is 2.49. The van der Waals surface area contributed by atoms with Crippen LogP contribution >= 0.6 is 0 Å². The van der Waals surface area contributed by atoms with E-state index in [4.69, 9.17) is 0 Å². The van der Waals surface area contributed by atoms with Gasteiger partial charge in [-0.15, -0.1) is 0 Å². The summed E-state index contributed by atoms with van der Waals surface area (Å²) in [5.74, 6) is 1.78. The molecule has 2 aliphatic carbocycles. The number of rotatable bonds is 2. The quantitative estimate of drug-likeness (QED) is 0.635. The van der Waals surface area contributed by atoms with Gasteiger partial charge in [0.1, 0.15) is 0 Å². The van der Waals surface area contributed by atoms with Crippen molar-refractivity contribution in [2.24, 2.45) is 11.8 Å². The van der Waals surface area contributed by atoms with E-state index in [2.05, 4.69) is 13.0 Å². The Morgan fingerprint density at radius 3 is 3.00 bits per heavy atom. The lowest BCUT2D eigenvalue weighted by Gasteiger charge is -2.22.